The molecule has 0 spiro atoms. The smallest absolute Gasteiger partial charge is 0.407 e. The third-order valence-corrected chi connectivity index (χ3v) is 7.34. The molecule has 0 saturated heterocycles. The molecule has 3 N–H and O–H groups in total. The van der Waals surface area contributed by atoms with Gasteiger partial charge in [-0.15, -0.1) is 0 Å². The molecule has 0 fully saturated rings. The molecule has 36 heavy (non-hydrogen) atoms. The molecule has 8 nitrogen and oxygen atoms in total. The minimum Gasteiger partial charge on any atom is -0.453 e. The Kier molecular flexibility index (Phi) is 9.58. The van der Waals surface area contributed by atoms with Crippen LogP contribution < -0.4 is 15.4 Å². The number of nitrogens with one attached hydrogen (secondary N) is 3. The predicted molar refractivity (Wildman–Crippen MR) is 141 cm³/mol. The first kappa shape index (κ1) is 27.3. The second-order valence-electron chi connectivity index (χ2n) is 7.81. The highest BCUT2D eigenvalue weighted by atomic mass is 35.5. The molecule has 3 aromatic rings. The first-order valence-corrected chi connectivity index (χ1v) is 13.3. The Bertz CT molecular complexity index is 1310. The van der Waals surface area contributed by atoms with E-state index in [2.05, 4.69) is 20.1 Å². The van der Waals surface area contributed by atoms with E-state index in [1.54, 1.807) is 30.3 Å². The molecule has 0 aromatic heterocycles. The Balaban J connectivity index is 1.49. The number of alkyl carbamates (subject to hydrolysis) is 1. The van der Waals surface area contributed by atoms with Crippen molar-refractivity contribution in [3.05, 3.63) is 99.0 Å². The van der Waals surface area contributed by atoms with E-state index in [9.17, 15) is 18.0 Å². The van der Waals surface area contributed by atoms with Crippen molar-refractivity contribution in [2.75, 3.05) is 17.6 Å². The Labute approximate surface area is 220 Å². The number of sulfonamides is 1. The SMILES string of the molecule is COC(=O)NCc1ccc(CNC(=O)c2ccc(NS(=O)(=O)CCc3cccc(Cl)c3Cl)cc2)cc1. The van der Waals surface area contributed by atoms with Crippen molar-refractivity contribution < 1.29 is 22.7 Å². The Morgan fingerprint density at radius 2 is 1.47 bits per heavy atom. The number of aryl methyl sites for hydroxylation is 1. The zero-order valence-electron chi connectivity index (χ0n) is 19.4. The van der Waals surface area contributed by atoms with Crippen LogP contribution in [-0.2, 0) is 34.3 Å². The summed E-state index contributed by atoms with van der Waals surface area (Å²) in [6.07, 6.45) is -0.300. The minimum absolute atomic E-state index is 0.174. The molecule has 0 saturated carbocycles. The van der Waals surface area contributed by atoms with Gasteiger partial charge in [0.15, 0.2) is 0 Å². The van der Waals surface area contributed by atoms with E-state index in [1.165, 1.54) is 19.2 Å². The zero-order valence-corrected chi connectivity index (χ0v) is 21.7. The summed E-state index contributed by atoms with van der Waals surface area (Å²) < 4.78 is 32.0. The van der Waals surface area contributed by atoms with Gasteiger partial charge < -0.3 is 15.4 Å². The highest BCUT2D eigenvalue weighted by Gasteiger charge is 2.14. The summed E-state index contributed by atoms with van der Waals surface area (Å²) in [5, 5.41) is 6.13. The second-order valence-corrected chi connectivity index (χ2v) is 10.4. The van der Waals surface area contributed by atoms with E-state index in [4.69, 9.17) is 23.2 Å². The van der Waals surface area contributed by atoms with Crippen LogP contribution in [-0.4, -0.2) is 33.3 Å². The lowest BCUT2D eigenvalue weighted by Gasteiger charge is -2.10. The lowest BCUT2D eigenvalue weighted by molar-refractivity contribution is 0.0951. The van der Waals surface area contributed by atoms with Crippen LogP contribution >= 0.6 is 23.2 Å². The van der Waals surface area contributed by atoms with Gasteiger partial charge in [0.1, 0.15) is 0 Å². The number of halogens is 2. The van der Waals surface area contributed by atoms with E-state index in [0.29, 0.717) is 39.9 Å². The highest BCUT2D eigenvalue weighted by Crippen LogP contribution is 2.26. The molecule has 0 bridgehead atoms. The fourth-order valence-corrected chi connectivity index (χ4v) is 4.71. The maximum atomic E-state index is 12.5. The number of carbonyl (C=O) groups excluding carboxylic acids is 2. The summed E-state index contributed by atoms with van der Waals surface area (Å²) in [6, 6.07) is 18.6. The van der Waals surface area contributed by atoms with Crippen LogP contribution in [0.1, 0.15) is 27.0 Å². The molecule has 0 heterocycles. The largest absolute Gasteiger partial charge is 0.453 e. The summed E-state index contributed by atoms with van der Waals surface area (Å²) >= 11 is 12.1. The molecule has 2 amide bonds. The standard InChI is InChI=1S/C25H25Cl2N3O5S/c1-35-25(32)29-16-18-7-5-17(6-8-18)15-28-24(31)20-9-11-21(12-10-20)30-36(33,34)14-13-19-3-2-4-22(26)23(19)27/h2-12,30H,13-16H2,1H3,(H,28,31)(H,29,32). The number of methoxy groups -OCH3 is 1. The van der Waals surface area contributed by atoms with Gasteiger partial charge in [0.25, 0.3) is 5.91 Å². The molecule has 0 aliphatic rings. The average Bonchev–Trinajstić information content (AvgIpc) is 2.87. The summed E-state index contributed by atoms with van der Waals surface area (Å²) in [7, 11) is -2.34. The minimum atomic E-state index is -3.64. The second kappa shape index (κ2) is 12.6. The van der Waals surface area contributed by atoms with Crippen molar-refractivity contribution >= 4 is 50.9 Å². The predicted octanol–water partition coefficient (Wildman–Crippen LogP) is 4.76. The van der Waals surface area contributed by atoms with Gasteiger partial charge in [-0.05, 0) is 53.4 Å². The van der Waals surface area contributed by atoms with Gasteiger partial charge in [-0.3, -0.25) is 9.52 Å². The summed E-state index contributed by atoms with van der Waals surface area (Å²) in [5.41, 5.74) is 3.16. The number of anilines is 1. The van der Waals surface area contributed by atoms with Crippen LogP contribution in [0, 0.1) is 0 Å². The fourth-order valence-electron chi connectivity index (χ4n) is 3.21. The molecule has 0 aliphatic heterocycles. The van der Waals surface area contributed by atoms with E-state index in [-0.39, 0.29) is 18.1 Å². The van der Waals surface area contributed by atoms with Crippen LogP contribution in [0.4, 0.5) is 10.5 Å². The van der Waals surface area contributed by atoms with Crippen LogP contribution in [0.3, 0.4) is 0 Å². The topological polar surface area (TPSA) is 114 Å². The number of rotatable bonds is 10. The third kappa shape index (κ3) is 8.15. The number of ether oxygens (including phenoxy) is 1. The van der Waals surface area contributed by atoms with Crippen molar-refractivity contribution in [3.8, 4) is 0 Å². The molecule has 0 aliphatic carbocycles. The summed E-state index contributed by atoms with van der Waals surface area (Å²) in [4.78, 5) is 23.6. The van der Waals surface area contributed by atoms with Gasteiger partial charge in [0, 0.05) is 24.3 Å². The molecular weight excluding hydrogens is 525 g/mol. The van der Waals surface area contributed by atoms with Crippen LogP contribution in [0.2, 0.25) is 10.0 Å². The molecule has 0 radical (unpaired) electrons. The van der Waals surface area contributed by atoms with Gasteiger partial charge in [-0.25, -0.2) is 13.2 Å². The number of amides is 2. The normalized spacial score (nSPS) is 11.0. The number of hydrogen-bond acceptors (Lipinski definition) is 5. The maximum absolute atomic E-state index is 12.5. The van der Waals surface area contributed by atoms with Crippen LogP contribution in [0.25, 0.3) is 0 Å². The highest BCUT2D eigenvalue weighted by molar-refractivity contribution is 7.92. The molecule has 0 atom stereocenters. The third-order valence-electron chi connectivity index (χ3n) is 5.19. The van der Waals surface area contributed by atoms with Crippen molar-refractivity contribution in [3.63, 3.8) is 0 Å². The molecule has 190 valence electrons. The molecule has 11 heteroatoms. The Hall–Kier alpha value is -3.27. The Morgan fingerprint density at radius 3 is 2.08 bits per heavy atom. The van der Waals surface area contributed by atoms with Crippen molar-refractivity contribution in [2.24, 2.45) is 0 Å². The molecule has 3 rings (SSSR count). The summed E-state index contributed by atoms with van der Waals surface area (Å²) in [5.74, 6) is -0.469. The number of benzene rings is 3. The van der Waals surface area contributed by atoms with Crippen molar-refractivity contribution in [2.45, 2.75) is 19.5 Å². The van der Waals surface area contributed by atoms with Gasteiger partial charge >= 0.3 is 6.09 Å². The number of carbonyl (C=O) groups is 2. The van der Waals surface area contributed by atoms with Gasteiger partial charge in [-0.2, -0.15) is 0 Å². The van der Waals surface area contributed by atoms with E-state index >= 15 is 0 Å². The van der Waals surface area contributed by atoms with Crippen molar-refractivity contribution in [1.82, 2.24) is 10.6 Å². The van der Waals surface area contributed by atoms with Gasteiger partial charge in [0.2, 0.25) is 10.0 Å². The lowest BCUT2D eigenvalue weighted by atomic mass is 10.1. The van der Waals surface area contributed by atoms with Crippen LogP contribution in [0.15, 0.2) is 66.7 Å². The quantitative estimate of drug-likeness (QED) is 0.337. The Morgan fingerprint density at radius 1 is 0.861 bits per heavy atom. The first-order chi connectivity index (χ1) is 17.2. The van der Waals surface area contributed by atoms with E-state index in [1.807, 2.05) is 24.3 Å². The first-order valence-electron chi connectivity index (χ1n) is 10.9. The van der Waals surface area contributed by atoms with E-state index in [0.717, 1.165) is 11.1 Å². The molecular formula is C25H25Cl2N3O5S. The number of hydrogen-bond donors (Lipinski definition) is 3. The van der Waals surface area contributed by atoms with E-state index < -0.39 is 16.1 Å². The van der Waals surface area contributed by atoms with Crippen molar-refractivity contribution in [1.29, 1.82) is 0 Å². The lowest BCUT2D eigenvalue weighted by Crippen LogP contribution is -2.23. The van der Waals surface area contributed by atoms with Gasteiger partial charge in [-0.1, -0.05) is 59.6 Å². The average molecular weight is 550 g/mol. The maximum Gasteiger partial charge on any atom is 0.407 e. The van der Waals surface area contributed by atoms with Gasteiger partial charge in [0.05, 0.1) is 22.9 Å². The monoisotopic (exact) mass is 549 g/mol. The molecule has 0 unspecified atom stereocenters. The zero-order chi connectivity index (χ0) is 26.1. The fraction of sp³-hybridized carbons (Fsp3) is 0.200. The molecule has 3 aromatic carbocycles. The summed E-state index contributed by atoms with van der Waals surface area (Å²) in [6.45, 7) is 0.647. The van der Waals surface area contributed by atoms with Crippen LogP contribution in [0.5, 0.6) is 0 Å².